The highest BCUT2D eigenvalue weighted by atomic mass is 35.5. The van der Waals surface area contributed by atoms with Crippen LogP contribution in [0.4, 0.5) is 0 Å². The molecule has 2 atom stereocenters. The summed E-state index contributed by atoms with van der Waals surface area (Å²) in [6.07, 6.45) is 0.573. The van der Waals surface area contributed by atoms with Crippen molar-refractivity contribution in [3.8, 4) is 0 Å². The molecule has 0 aromatic carbocycles. The number of rotatable bonds is 9. The zero-order chi connectivity index (χ0) is 15.9. The molecule has 1 fully saturated rings. The zero-order valence-corrected chi connectivity index (χ0v) is 16.3. The van der Waals surface area contributed by atoms with Gasteiger partial charge in [0.2, 0.25) is 0 Å². The lowest BCUT2D eigenvalue weighted by Gasteiger charge is -2.36. The van der Waals surface area contributed by atoms with E-state index in [0.717, 1.165) is 0 Å². The predicted octanol–water partition coefficient (Wildman–Crippen LogP) is 1.86. The molecule has 1 aliphatic rings. The fourth-order valence-electron chi connectivity index (χ4n) is 1.71. The van der Waals surface area contributed by atoms with Gasteiger partial charge in [-0.2, -0.15) is 0 Å². The van der Waals surface area contributed by atoms with Crippen LogP contribution in [0.1, 0.15) is 6.42 Å². The van der Waals surface area contributed by atoms with Crippen molar-refractivity contribution in [1.29, 1.82) is 0 Å². The molecule has 0 bridgehead atoms. The van der Waals surface area contributed by atoms with E-state index in [1.807, 2.05) is 0 Å². The summed E-state index contributed by atoms with van der Waals surface area (Å²) in [6.45, 7) is 1.02. The van der Waals surface area contributed by atoms with Crippen molar-refractivity contribution in [2.24, 2.45) is 0 Å². The molecule has 5 N–H and O–H groups in total. The average molecular weight is 418 g/mol. The summed E-state index contributed by atoms with van der Waals surface area (Å²) in [4.78, 5) is 0. The van der Waals surface area contributed by atoms with Crippen LogP contribution < -0.4 is 11.2 Å². The van der Waals surface area contributed by atoms with Gasteiger partial charge in [0, 0.05) is 36.4 Å². The van der Waals surface area contributed by atoms with E-state index in [1.165, 1.54) is 11.8 Å². The van der Waals surface area contributed by atoms with Crippen LogP contribution in [0.2, 0.25) is 0 Å². The fraction of sp³-hybridized carbons (Fsp3) is 1.00. The monoisotopic (exact) mass is 417 g/mol. The molecule has 0 aliphatic carbocycles. The van der Waals surface area contributed by atoms with Gasteiger partial charge in [0.05, 0.1) is 22.1 Å². The SMILES string of the molecule is O=P1(N(CCCl)CCCl)NC(SCCS(=O)(=O)[O-])CCO1.[NH4+]. The molecule has 0 radical (unpaired) electrons. The highest BCUT2D eigenvalue weighted by Crippen LogP contribution is 2.50. The number of thioether (sulfide) groups is 1. The Morgan fingerprint density at radius 2 is 1.95 bits per heavy atom. The summed E-state index contributed by atoms with van der Waals surface area (Å²) >= 11 is 12.6. The van der Waals surface area contributed by atoms with Crippen molar-refractivity contribution in [3.05, 3.63) is 0 Å². The molecule has 1 heterocycles. The van der Waals surface area contributed by atoms with Crippen molar-refractivity contribution >= 4 is 52.8 Å². The van der Waals surface area contributed by atoms with E-state index >= 15 is 0 Å². The van der Waals surface area contributed by atoms with Gasteiger partial charge in [0.25, 0.3) is 0 Å². The van der Waals surface area contributed by atoms with E-state index in [-0.39, 0.29) is 35.6 Å². The summed E-state index contributed by atoms with van der Waals surface area (Å²) in [5.41, 5.74) is 0. The van der Waals surface area contributed by atoms with Crippen molar-refractivity contribution in [2.75, 3.05) is 43.0 Å². The topological polar surface area (TPSA) is 135 Å². The molecule has 2 unspecified atom stereocenters. The molecule has 0 aromatic heterocycles. The summed E-state index contributed by atoms with van der Waals surface area (Å²) in [5, 5.41) is 2.66. The second kappa shape index (κ2) is 10.7. The summed E-state index contributed by atoms with van der Waals surface area (Å²) in [6, 6.07) is 0. The molecule has 0 amide bonds. The third-order valence-electron chi connectivity index (χ3n) is 2.66. The molecule has 8 nitrogen and oxygen atoms in total. The van der Waals surface area contributed by atoms with Gasteiger partial charge in [-0.1, -0.05) is 0 Å². The first-order valence-corrected chi connectivity index (χ1v) is 11.5. The highest BCUT2D eigenvalue weighted by Gasteiger charge is 2.37. The summed E-state index contributed by atoms with van der Waals surface area (Å²) < 4.78 is 51.4. The van der Waals surface area contributed by atoms with Crippen LogP contribution >= 0.6 is 42.6 Å². The number of nitrogens with zero attached hydrogens (tertiary/aromatic N) is 1. The van der Waals surface area contributed by atoms with Crippen LogP contribution in [0.15, 0.2) is 0 Å². The molecular formula is C9H22Cl2N3O5PS2. The Morgan fingerprint density at radius 1 is 1.36 bits per heavy atom. The standard InChI is InChI=1S/C9H19Cl2N2O5PS2.H3N/c10-2-4-13(5-3-11)19(14)12-9(1-6-18-19)20-7-8-21(15,16)17;/h9H,1-8H2,(H,12,14)(H,15,16,17);1H3. The van der Waals surface area contributed by atoms with E-state index in [0.29, 0.717) is 19.5 Å². The molecule has 134 valence electrons. The number of hydrogen-bond donors (Lipinski definition) is 2. The zero-order valence-electron chi connectivity index (χ0n) is 12.2. The lowest BCUT2D eigenvalue weighted by atomic mass is 10.5. The molecule has 0 saturated carbocycles. The third kappa shape index (κ3) is 8.14. The molecular weight excluding hydrogens is 396 g/mol. The maximum atomic E-state index is 12.8. The molecule has 13 heteroatoms. The lowest BCUT2D eigenvalue weighted by molar-refractivity contribution is 0.227. The van der Waals surface area contributed by atoms with E-state index in [9.17, 15) is 17.5 Å². The second-order valence-electron chi connectivity index (χ2n) is 4.22. The Bertz CT molecular complexity index is 464. The quantitative estimate of drug-likeness (QED) is 0.329. The third-order valence-corrected chi connectivity index (χ3v) is 7.65. The minimum absolute atomic E-state index is 0. The number of nitrogens with one attached hydrogen (secondary N) is 1. The van der Waals surface area contributed by atoms with Gasteiger partial charge in [0.15, 0.2) is 0 Å². The maximum absolute atomic E-state index is 12.8. The van der Waals surface area contributed by atoms with Crippen molar-refractivity contribution in [1.82, 2.24) is 15.9 Å². The molecule has 1 saturated heterocycles. The summed E-state index contributed by atoms with van der Waals surface area (Å²) in [7, 11) is -7.46. The minimum atomic E-state index is -4.23. The highest BCUT2D eigenvalue weighted by molar-refractivity contribution is 8.01. The van der Waals surface area contributed by atoms with Gasteiger partial charge in [-0.15, -0.1) is 35.0 Å². The second-order valence-corrected chi connectivity index (χ2v) is 9.94. The normalized spacial score (nSPS) is 25.9. The fourth-order valence-corrected chi connectivity index (χ4v) is 6.78. The van der Waals surface area contributed by atoms with Crippen LogP contribution in [0, 0.1) is 0 Å². The Hall–Kier alpha value is 0.910. The predicted molar refractivity (Wildman–Crippen MR) is 91.1 cm³/mol. The molecule has 22 heavy (non-hydrogen) atoms. The van der Waals surface area contributed by atoms with E-state index in [4.69, 9.17) is 27.7 Å². The number of alkyl halides is 2. The van der Waals surface area contributed by atoms with E-state index in [2.05, 4.69) is 5.09 Å². The van der Waals surface area contributed by atoms with E-state index in [1.54, 1.807) is 4.67 Å². The Morgan fingerprint density at radius 3 is 2.45 bits per heavy atom. The van der Waals surface area contributed by atoms with Crippen molar-refractivity contribution in [3.63, 3.8) is 0 Å². The lowest BCUT2D eigenvalue weighted by Crippen LogP contribution is -2.40. The molecule has 0 aromatic rings. The van der Waals surface area contributed by atoms with Crippen LogP contribution in [-0.4, -0.2) is 66.0 Å². The van der Waals surface area contributed by atoms with Crippen molar-refractivity contribution in [2.45, 2.75) is 11.8 Å². The first-order valence-electron chi connectivity index (χ1n) is 6.25. The Kier molecular flexibility index (Phi) is 11.2. The number of hydrogen-bond acceptors (Lipinski definition) is 6. The smallest absolute Gasteiger partial charge is 0.344 e. The van der Waals surface area contributed by atoms with Crippen LogP contribution in [0.5, 0.6) is 0 Å². The largest absolute Gasteiger partial charge is 0.748 e. The number of halogens is 2. The van der Waals surface area contributed by atoms with Crippen LogP contribution in [0.3, 0.4) is 0 Å². The van der Waals surface area contributed by atoms with Gasteiger partial charge < -0.3 is 15.2 Å². The van der Waals surface area contributed by atoms with Gasteiger partial charge in [-0.25, -0.2) is 18.2 Å². The minimum Gasteiger partial charge on any atom is -0.748 e. The first kappa shape index (κ1) is 22.9. The molecule has 0 spiro atoms. The molecule has 1 rings (SSSR count). The first-order chi connectivity index (χ1) is 9.80. The molecule has 1 aliphatic heterocycles. The van der Waals surface area contributed by atoms with E-state index < -0.39 is 23.5 Å². The maximum Gasteiger partial charge on any atom is 0.344 e. The number of quaternary nitrogens is 1. The van der Waals surface area contributed by atoms with Gasteiger partial charge in [-0.05, 0) is 6.42 Å². The Balaban J connectivity index is 0.00000441. The summed E-state index contributed by atoms with van der Waals surface area (Å²) in [5.74, 6) is 0.277. The average Bonchev–Trinajstić information content (AvgIpc) is 2.37. The van der Waals surface area contributed by atoms with Gasteiger partial charge in [0.1, 0.15) is 0 Å². The van der Waals surface area contributed by atoms with Crippen LogP contribution in [-0.2, 0) is 19.2 Å². The van der Waals surface area contributed by atoms with Gasteiger partial charge >= 0.3 is 7.67 Å². The van der Waals surface area contributed by atoms with Crippen LogP contribution in [0.25, 0.3) is 0 Å². The van der Waals surface area contributed by atoms with Gasteiger partial charge in [-0.3, -0.25) is 4.57 Å². The van der Waals surface area contributed by atoms with Crippen molar-refractivity contribution < 1.29 is 22.1 Å². The Labute approximate surface area is 145 Å².